The maximum absolute atomic E-state index is 12.7. The van der Waals surface area contributed by atoms with E-state index in [2.05, 4.69) is 4.74 Å². The van der Waals surface area contributed by atoms with Crippen molar-refractivity contribution in [3.63, 3.8) is 0 Å². The fourth-order valence-electron chi connectivity index (χ4n) is 3.85. The summed E-state index contributed by atoms with van der Waals surface area (Å²) in [6, 6.07) is 1.47. The van der Waals surface area contributed by atoms with E-state index in [0.717, 1.165) is 18.9 Å². The van der Waals surface area contributed by atoms with E-state index in [4.69, 9.17) is 28.9 Å². The number of rotatable bonds is 5. The van der Waals surface area contributed by atoms with Gasteiger partial charge >= 0.3 is 12.1 Å². The molecule has 0 aliphatic carbocycles. The van der Waals surface area contributed by atoms with Gasteiger partial charge in [-0.15, -0.1) is 0 Å². The number of ether oxygens (including phenoxy) is 1. The Hall–Kier alpha value is -1.11. The van der Waals surface area contributed by atoms with E-state index in [1.807, 2.05) is 0 Å². The number of alkyl halides is 3. The van der Waals surface area contributed by atoms with Crippen molar-refractivity contribution in [3.8, 4) is 5.75 Å². The van der Waals surface area contributed by atoms with Crippen LogP contribution in [0, 0.1) is 5.92 Å². The van der Waals surface area contributed by atoms with Gasteiger partial charge in [-0.1, -0.05) is 23.2 Å². The number of halogens is 5. The molecule has 2 N–H and O–H groups in total. The Balaban J connectivity index is 1.75. The number of hydrogen-bond donors (Lipinski definition) is 1. The number of esters is 1. The summed E-state index contributed by atoms with van der Waals surface area (Å²) in [6.45, 7) is 1.46. The fraction of sp³-hybridized carbons (Fsp3) is 0.611. The van der Waals surface area contributed by atoms with Crippen LogP contribution in [-0.2, 0) is 15.0 Å². The zero-order valence-corrected chi connectivity index (χ0v) is 18.7. The monoisotopic (exact) mass is 503 g/mol. The lowest BCUT2D eigenvalue weighted by molar-refractivity contribution is -0.189. The molecule has 2 fully saturated rings. The molecule has 1 unspecified atom stereocenters. The van der Waals surface area contributed by atoms with E-state index < -0.39 is 34.1 Å². The third-order valence-electron chi connectivity index (χ3n) is 5.57. The number of nitrogens with two attached hydrogens (primary N) is 1. The molecular weight excluding hydrogens is 482 g/mol. The van der Waals surface area contributed by atoms with Crippen molar-refractivity contribution < 1.29 is 31.1 Å². The lowest BCUT2D eigenvalue weighted by Gasteiger charge is -2.36. The first-order valence-electron chi connectivity index (χ1n) is 9.70. The molecule has 13 heteroatoms. The molecular formula is C18H22Cl2F3N3O4S. The summed E-state index contributed by atoms with van der Waals surface area (Å²) in [7, 11) is -3.54. The van der Waals surface area contributed by atoms with Crippen molar-refractivity contribution in [2.75, 3.05) is 26.2 Å². The van der Waals surface area contributed by atoms with Crippen LogP contribution < -0.4 is 10.5 Å². The first-order valence-corrected chi connectivity index (χ1v) is 11.9. The molecule has 0 saturated carbocycles. The number of hydrogen-bond acceptors (Lipinski definition) is 5. The number of carbonyl (C=O) groups is 1. The Kier molecular flexibility index (Phi) is 7.44. The molecule has 174 valence electrons. The quantitative estimate of drug-likeness (QED) is 0.490. The molecule has 3 rings (SSSR count). The van der Waals surface area contributed by atoms with Gasteiger partial charge in [-0.25, -0.2) is 4.79 Å². The van der Waals surface area contributed by atoms with Gasteiger partial charge in [0.25, 0.3) is 10.2 Å². The van der Waals surface area contributed by atoms with Gasteiger partial charge in [0.1, 0.15) is 5.75 Å². The topological polar surface area (TPSA) is 92.9 Å². The van der Waals surface area contributed by atoms with Crippen LogP contribution in [0.2, 0.25) is 10.0 Å². The average molecular weight is 504 g/mol. The van der Waals surface area contributed by atoms with Crippen LogP contribution in [0.5, 0.6) is 5.75 Å². The number of benzene rings is 1. The van der Waals surface area contributed by atoms with E-state index in [1.54, 1.807) is 0 Å². The average Bonchev–Trinajstić information content (AvgIpc) is 3.25. The highest BCUT2D eigenvalue weighted by Crippen LogP contribution is 2.39. The van der Waals surface area contributed by atoms with Gasteiger partial charge in [0.05, 0.1) is 10.0 Å². The Morgan fingerprint density at radius 1 is 1.06 bits per heavy atom. The highest BCUT2D eigenvalue weighted by Gasteiger charge is 2.42. The first kappa shape index (κ1) is 24.5. The Morgan fingerprint density at radius 3 is 2.13 bits per heavy atom. The molecule has 2 aliphatic rings. The Morgan fingerprint density at radius 2 is 1.58 bits per heavy atom. The second kappa shape index (κ2) is 9.40. The maximum Gasteiger partial charge on any atom is 0.491 e. The van der Waals surface area contributed by atoms with Crippen LogP contribution in [0.3, 0.4) is 0 Å². The molecule has 0 aromatic heterocycles. The molecule has 1 atom stereocenters. The first-order chi connectivity index (χ1) is 14.4. The van der Waals surface area contributed by atoms with Crippen molar-refractivity contribution in [2.45, 2.75) is 37.9 Å². The summed E-state index contributed by atoms with van der Waals surface area (Å²) in [4.78, 5) is 11.3. The van der Waals surface area contributed by atoms with Gasteiger partial charge in [0.15, 0.2) is 0 Å². The van der Waals surface area contributed by atoms with Crippen molar-refractivity contribution in [3.05, 3.63) is 27.7 Å². The minimum absolute atomic E-state index is 0.0490. The second-order valence-electron chi connectivity index (χ2n) is 7.57. The van der Waals surface area contributed by atoms with Crippen molar-refractivity contribution in [1.82, 2.24) is 8.61 Å². The minimum atomic E-state index is -5.19. The van der Waals surface area contributed by atoms with Crippen molar-refractivity contribution in [1.29, 1.82) is 0 Å². The molecule has 7 nitrogen and oxygen atoms in total. The van der Waals surface area contributed by atoms with E-state index in [1.165, 1.54) is 14.7 Å². The fourth-order valence-corrected chi connectivity index (χ4v) is 5.90. The van der Waals surface area contributed by atoms with E-state index in [9.17, 15) is 26.4 Å². The second-order valence-corrected chi connectivity index (χ2v) is 10.3. The highest BCUT2D eigenvalue weighted by atomic mass is 35.5. The maximum atomic E-state index is 12.7. The van der Waals surface area contributed by atoms with Gasteiger partial charge in [-0.2, -0.15) is 30.2 Å². The minimum Gasteiger partial charge on any atom is -0.419 e. The summed E-state index contributed by atoms with van der Waals surface area (Å²) in [5.74, 6) is -3.08. The summed E-state index contributed by atoms with van der Waals surface area (Å²) < 4.78 is 70.7. The third-order valence-corrected chi connectivity index (χ3v) is 8.33. The Bertz CT molecular complexity index is 932. The molecule has 2 aliphatic heterocycles. The molecule has 31 heavy (non-hydrogen) atoms. The van der Waals surface area contributed by atoms with Crippen LogP contribution in [-0.4, -0.2) is 55.4 Å². The molecule has 2 saturated heterocycles. The zero-order valence-electron chi connectivity index (χ0n) is 16.4. The van der Waals surface area contributed by atoms with Crippen molar-refractivity contribution >= 4 is 39.4 Å². The molecule has 1 aromatic carbocycles. The number of nitrogens with zero attached hydrogens (tertiary/aromatic N) is 2. The summed E-state index contributed by atoms with van der Waals surface area (Å²) >= 11 is 11.9. The predicted molar refractivity (Wildman–Crippen MR) is 109 cm³/mol. The standard InChI is InChI=1S/C18H22Cl2F3N3O4S/c19-13-9-12(15(10-14(13)20)30-17(27)18(21,22)23)16(24)11-3-7-26(8-4-11)31(28,29)25-5-1-2-6-25/h9-11,16H,1-8,24H2. The van der Waals surface area contributed by atoms with Crippen LogP contribution in [0.1, 0.15) is 37.3 Å². The summed E-state index contributed by atoms with van der Waals surface area (Å²) in [5.41, 5.74) is 6.40. The van der Waals surface area contributed by atoms with Crippen LogP contribution in [0.15, 0.2) is 12.1 Å². The zero-order chi connectivity index (χ0) is 23.0. The molecule has 1 aromatic rings. The summed E-state index contributed by atoms with van der Waals surface area (Å²) in [6.07, 6.45) is -2.75. The molecule has 2 heterocycles. The molecule has 0 spiro atoms. The van der Waals surface area contributed by atoms with E-state index in [0.29, 0.717) is 25.9 Å². The van der Waals surface area contributed by atoms with Crippen molar-refractivity contribution in [2.24, 2.45) is 11.7 Å². The predicted octanol–water partition coefficient (Wildman–Crippen LogP) is 3.51. The lowest BCUT2D eigenvalue weighted by atomic mass is 9.86. The van der Waals surface area contributed by atoms with Gasteiger partial charge in [-0.3, -0.25) is 0 Å². The lowest BCUT2D eigenvalue weighted by Crippen LogP contribution is -2.47. The van der Waals surface area contributed by atoms with E-state index in [-0.39, 0.29) is 34.6 Å². The van der Waals surface area contributed by atoms with Crippen LogP contribution >= 0.6 is 23.2 Å². The number of piperidine rings is 1. The molecule has 0 bridgehead atoms. The van der Waals surface area contributed by atoms with Crippen LogP contribution in [0.4, 0.5) is 13.2 Å². The normalized spacial score (nSPS) is 20.7. The highest BCUT2D eigenvalue weighted by molar-refractivity contribution is 7.86. The Labute approximate surface area is 188 Å². The van der Waals surface area contributed by atoms with E-state index >= 15 is 0 Å². The van der Waals surface area contributed by atoms with Gasteiger partial charge in [0, 0.05) is 43.9 Å². The SMILES string of the molecule is NC(c1cc(Cl)c(Cl)cc1OC(=O)C(F)(F)F)C1CCN(S(=O)(=O)N2CCCC2)CC1. The van der Waals surface area contributed by atoms with Gasteiger partial charge < -0.3 is 10.5 Å². The third kappa shape index (κ3) is 5.45. The van der Waals surface area contributed by atoms with Gasteiger partial charge in [-0.05, 0) is 37.7 Å². The smallest absolute Gasteiger partial charge is 0.419 e. The largest absolute Gasteiger partial charge is 0.491 e. The number of carbonyl (C=O) groups excluding carboxylic acids is 1. The summed E-state index contributed by atoms with van der Waals surface area (Å²) in [5, 5.41) is -0.0397. The molecule has 0 radical (unpaired) electrons. The molecule has 0 amide bonds. The van der Waals surface area contributed by atoms with Crippen LogP contribution in [0.25, 0.3) is 0 Å². The van der Waals surface area contributed by atoms with Gasteiger partial charge in [0.2, 0.25) is 0 Å².